The molecule has 1 rings (SSSR count). The second kappa shape index (κ2) is 4.97. The van der Waals surface area contributed by atoms with Gasteiger partial charge in [0, 0.05) is 6.20 Å². The van der Waals surface area contributed by atoms with Gasteiger partial charge in [-0.05, 0) is 19.1 Å². The van der Waals surface area contributed by atoms with Gasteiger partial charge in [0.05, 0.1) is 6.61 Å². The van der Waals surface area contributed by atoms with Gasteiger partial charge in [-0.3, -0.25) is 0 Å². The molecule has 1 heterocycles. The van der Waals surface area contributed by atoms with Gasteiger partial charge in [0.25, 0.3) is 0 Å². The Labute approximate surface area is 75.5 Å². The number of hydrogen-bond acceptors (Lipinski definition) is 4. The molecule has 0 aromatic carbocycles. The molecule has 0 atom stereocenters. The van der Waals surface area contributed by atoms with Gasteiger partial charge in [0.2, 0.25) is 0 Å². The molecule has 0 saturated heterocycles. The van der Waals surface area contributed by atoms with E-state index in [9.17, 15) is 4.79 Å². The van der Waals surface area contributed by atoms with Crippen LogP contribution in [-0.4, -0.2) is 17.7 Å². The summed E-state index contributed by atoms with van der Waals surface area (Å²) in [6.07, 6.45) is 0.868. The Balaban J connectivity index is 2.54. The quantitative estimate of drug-likeness (QED) is 0.654. The maximum atomic E-state index is 10.7. The van der Waals surface area contributed by atoms with E-state index in [1.54, 1.807) is 31.3 Å². The Morgan fingerprint density at radius 1 is 1.62 bits per heavy atom. The summed E-state index contributed by atoms with van der Waals surface area (Å²) in [7, 11) is 0. The van der Waals surface area contributed by atoms with Crippen LogP contribution in [0.1, 0.15) is 6.92 Å². The molecule has 0 N–H and O–H groups in total. The van der Waals surface area contributed by atoms with Crippen LogP contribution < -0.4 is 0 Å². The first-order valence-corrected chi connectivity index (χ1v) is 3.82. The van der Waals surface area contributed by atoms with E-state index >= 15 is 0 Å². The fraction of sp³-hybridized carbons (Fsp3) is 0.250. The van der Waals surface area contributed by atoms with Crippen LogP contribution in [0.5, 0.6) is 0 Å². The molecule has 1 amide bonds. The van der Waals surface area contributed by atoms with Crippen LogP contribution in [-0.2, 0) is 4.74 Å². The lowest BCUT2D eigenvalue weighted by Gasteiger charge is -1.92. The van der Waals surface area contributed by atoms with Crippen LogP contribution in [0.15, 0.2) is 34.6 Å². The van der Waals surface area contributed by atoms with Gasteiger partial charge >= 0.3 is 6.09 Å². The van der Waals surface area contributed by atoms with Crippen molar-refractivity contribution >= 4 is 11.9 Å². The highest BCUT2D eigenvalue weighted by Gasteiger charge is 1.96. The van der Waals surface area contributed by atoms with E-state index in [0.717, 1.165) is 0 Å². The van der Waals surface area contributed by atoms with Gasteiger partial charge in [-0.1, -0.05) is 11.2 Å². The van der Waals surface area contributed by atoms with Crippen molar-refractivity contribution in [1.29, 1.82) is 0 Å². The summed E-state index contributed by atoms with van der Waals surface area (Å²) in [5.41, 5.74) is 0. The molecule has 0 aliphatic rings. The first-order valence-electron chi connectivity index (χ1n) is 3.82. The topological polar surface area (TPSA) is 63.9 Å². The van der Waals surface area contributed by atoms with E-state index in [2.05, 4.69) is 19.9 Å². The van der Waals surface area contributed by atoms with Gasteiger partial charge in [0.15, 0.2) is 5.82 Å². The highest BCUT2D eigenvalue weighted by molar-refractivity contribution is 5.67. The molecule has 13 heavy (non-hydrogen) atoms. The average molecular weight is 179 g/mol. The van der Waals surface area contributed by atoms with Crippen molar-refractivity contribution in [3.63, 3.8) is 0 Å². The van der Waals surface area contributed by atoms with E-state index in [-0.39, 0.29) is 0 Å². The molecule has 5 heteroatoms. The summed E-state index contributed by atoms with van der Waals surface area (Å²) in [6.45, 7) is 1.99. The van der Waals surface area contributed by atoms with Crippen molar-refractivity contribution in [2.24, 2.45) is 10.2 Å². The number of azo groups is 1. The fourth-order valence-corrected chi connectivity index (χ4v) is 0.657. The van der Waals surface area contributed by atoms with Crippen molar-refractivity contribution in [3.8, 4) is 0 Å². The number of carbonyl (C=O) groups excluding carboxylic acids is 1. The van der Waals surface area contributed by atoms with E-state index in [0.29, 0.717) is 12.4 Å². The Bertz CT molecular complexity index is 298. The molecule has 0 fully saturated rings. The van der Waals surface area contributed by atoms with Crippen LogP contribution in [0.25, 0.3) is 0 Å². The van der Waals surface area contributed by atoms with Gasteiger partial charge in [0.1, 0.15) is 0 Å². The minimum atomic E-state index is -0.701. The molecular formula is C8H9N3O2. The van der Waals surface area contributed by atoms with E-state index in [1.807, 2.05) is 0 Å². The number of rotatable bonds is 2. The number of nitrogens with zero attached hydrogens (tertiary/aromatic N) is 3. The highest BCUT2D eigenvalue weighted by atomic mass is 16.5. The van der Waals surface area contributed by atoms with Crippen molar-refractivity contribution < 1.29 is 9.53 Å². The Morgan fingerprint density at radius 3 is 3.08 bits per heavy atom. The minimum Gasteiger partial charge on any atom is -0.447 e. The van der Waals surface area contributed by atoms with E-state index in [4.69, 9.17) is 0 Å². The Kier molecular flexibility index (Phi) is 3.56. The van der Waals surface area contributed by atoms with Crippen LogP contribution in [0.4, 0.5) is 10.6 Å². The monoisotopic (exact) mass is 179 g/mol. The lowest BCUT2D eigenvalue weighted by molar-refractivity contribution is 0.162. The fourth-order valence-electron chi connectivity index (χ4n) is 0.657. The molecule has 68 valence electrons. The van der Waals surface area contributed by atoms with Crippen LogP contribution in [0.3, 0.4) is 0 Å². The van der Waals surface area contributed by atoms with Crippen molar-refractivity contribution in [1.82, 2.24) is 4.98 Å². The number of carbonyl (C=O) groups is 1. The van der Waals surface area contributed by atoms with Gasteiger partial charge in [-0.2, -0.15) is 0 Å². The zero-order valence-corrected chi connectivity index (χ0v) is 7.17. The Morgan fingerprint density at radius 2 is 2.46 bits per heavy atom. The number of aromatic nitrogens is 1. The minimum absolute atomic E-state index is 0.292. The van der Waals surface area contributed by atoms with Crippen LogP contribution in [0.2, 0.25) is 0 Å². The SMILES string of the molecule is CCOC(=O)/N=N/c1ccccn1. The predicted molar refractivity (Wildman–Crippen MR) is 45.8 cm³/mol. The number of ether oxygens (including phenoxy) is 1. The predicted octanol–water partition coefficient (Wildman–Crippen LogP) is 2.32. The normalized spacial score (nSPS) is 10.2. The molecule has 5 nitrogen and oxygen atoms in total. The summed E-state index contributed by atoms with van der Waals surface area (Å²) in [5.74, 6) is 0.385. The maximum absolute atomic E-state index is 10.7. The summed E-state index contributed by atoms with van der Waals surface area (Å²) in [6, 6.07) is 5.15. The molecule has 1 aromatic rings. The van der Waals surface area contributed by atoms with Crippen LogP contribution >= 0.6 is 0 Å². The highest BCUT2D eigenvalue weighted by Crippen LogP contribution is 2.05. The zero-order valence-electron chi connectivity index (χ0n) is 7.17. The smallest absolute Gasteiger partial charge is 0.447 e. The molecule has 1 aromatic heterocycles. The first kappa shape index (κ1) is 9.31. The van der Waals surface area contributed by atoms with Gasteiger partial charge in [-0.25, -0.2) is 9.78 Å². The third kappa shape index (κ3) is 3.42. The number of pyridine rings is 1. The summed E-state index contributed by atoms with van der Waals surface area (Å²) in [4.78, 5) is 14.5. The molecular weight excluding hydrogens is 170 g/mol. The standard InChI is InChI=1S/C8H9N3O2/c1-2-13-8(12)11-10-7-5-3-4-6-9-7/h3-6H,2H2,1H3/b11-10+. The van der Waals surface area contributed by atoms with Crippen molar-refractivity contribution in [3.05, 3.63) is 24.4 Å². The van der Waals surface area contributed by atoms with Gasteiger partial charge in [-0.15, -0.1) is 5.11 Å². The zero-order chi connectivity index (χ0) is 9.52. The lowest BCUT2D eigenvalue weighted by atomic mass is 10.5. The summed E-state index contributed by atoms with van der Waals surface area (Å²) >= 11 is 0. The molecule has 0 radical (unpaired) electrons. The molecule has 0 aliphatic carbocycles. The molecule has 0 bridgehead atoms. The summed E-state index contributed by atoms with van der Waals surface area (Å²) in [5, 5.41) is 6.85. The third-order valence-electron chi connectivity index (χ3n) is 1.15. The average Bonchev–Trinajstić information content (AvgIpc) is 2.17. The summed E-state index contributed by atoms with van der Waals surface area (Å²) < 4.78 is 4.54. The van der Waals surface area contributed by atoms with Crippen molar-refractivity contribution in [2.75, 3.05) is 6.61 Å². The van der Waals surface area contributed by atoms with Crippen LogP contribution in [0, 0.1) is 0 Å². The maximum Gasteiger partial charge on any atom is 0.452 e. The van der Waals surface area contributed by atoms with Crippen molar-refractivity contribution in [2.45, 2.75) is 6.92 Å². The molecule has 0 spiro atoms. The molecule has 0 saturated carbocycles. The largest absolute Gasteiger partial charge is 0.452 e. The van der Waals surface area contributed by atoms with E-state index in [1.165, 1.54) is 0 Å². The van der Waals surface area contributed by atoms with E-state index < -0.39 is 6.09 Å². The molecule has 0 unspecified atom stereocenters. The molecule has 0 aliphatic heterocycles. The lowest BCUT2D eigenvalue weighted by Crippen LogP contribution is -1.95. The third-order valence-corrected chi connectivity index (χ3v) is 1.15. The second-order valence-corrected chi connectivity index (χ2v) is 2.09. The Hall–Kier alpha value is -1.78. The second-order valence-electron chi connectivity index (χ2n) is 2.09. The number of hydrogen-bond donors (Lipinski definition) is 0. The number of amides is 1. The van der Waals surface area contributed by atoms with Gasteiger partial charge < -0.3 is 4.74 Å². The first-order chi connectivity index (χ1) is 6.33.